The molecule has 1 unspecified atom stereocenters. The highest BCUT2D eigenvalue weighted by molar-refractivity contribution is 5.94. The van der Waals surface area contributed by atoms with Crippen LogP contribution in [0.15, 0.2) is 18.2 Å². The molecular weight excluding hydrogens is 264 g/mol. The van der Waals surface area contributed by atoms with Gasteiger partial charge in [0.2, 0.25) is 0 Å². The van der Waals surface area contributed by atoms with Crippen molar-refractivity contribution in [3.05, 3.63) is 29.3 Å². The Hall–Kier alpha value is -1.26. The van der Waals surface area contributed by atoms with E-state index in [1.165, 1.54) is 0 Å². The van der Waals surface area contributed by atoms with Crippen LogP contribution in [0.1, 0.15) is 28.8 Å². The number of carbonyl (C=O) groups excluding carboxylic acids is 1. The van der Waals surface area contributed by atoms with Crippen LogP contribution >= 0.6 is 12.4 Å². The van der Waals surface area contributed by atoms with Crippen molar-refractivity contribution in [2.75, 3.05) is 20.2 Å². The van der Waals surface area contributed by atoms with Gasteiger partial charge in [-0.3, -0.25) is 4.79 Å². The first-order chi connectivity index (χ1) is 8.70. The van der Waals surface area contributed by atoms with Gasteiger partial charge in [-0.1, -0.05) is 6.07 Å². The van der Waals surface area contributed by atoms with Crippen molar-refractivity contribution in [1.82, 2.24) is 10.6 Å². The van der Waals surface area contributed by atoms with E-state index >= 15 is 0 Å². The fourth-order valence-corrected chi connectivity index (χ4v) is 2.20. The van der Waals surface area contributed by atoms with Crippen LogP contribution in [0.25, 0.3) is 0 Å². The number of hydrogen-bond donors (Lipinski definition) is 2. The molecule has 0 bridgehead atoms. The average molecular weight is 285 g/mol. The van der Waals surface area contributed by atoms with E-state index in [1.807, 2.05) is 19.1 Å². The van der Waals surface area contributed by atoms with Crippen LogP contribution in [0.3, 0.4) is 0 Å². The van der Waals surface area contributed by atoms with Crippen LogP contribution in [0, 0.1) is 6.92 Å². The third-order valence-electron chi connectivity index (χ3n) is 3.30. The zero-order valence-electron chi connectivity index (χ0n) is 11.4. The van der Waals surface area contributed by atoms with Crippen molar-refractivity contribution in [2.24, 2.45) is 0 Å². The maximum Gasteiger partial charge on any atom is 0.251 e. The summed E-state index contributed by atoms with van der Waals surface area (Å²) in [5, 5.41) is 6.33. The van der Waals surface area contributed by atoms with Gasteiger partial charge < -0.3 is 15.4 Å². The van der Waals surface area contributed by atoms with Crippen molar-refractivity contribution in [3.8, 4) is 5.75 Å². The third kappa shape index (κ3) is 4.11. The number of benzene rings is 1. The van der Waals surface area contributed by atoms with E-state index < -0.39 is 0 Å². The highest BCUT2D eigenvalue weighted by Gasteiger charge is 2.16. The van der Waals surface area contributed by atoms with Crippen molar-refractivity contribution < 1.29 is 9.53 Å². The van der Waals surface area contributed by atoms with E-state index in [0.717, 1.165) is 37.2 Å². The summed E-state index contributed by atoms with van der Waals surface area (Å²) in [6.07, 6.45) is 2.16. The zero-order valence-corrected chi connectivity index (χ0v) is 12.2. The summed E-state index contributed by atoms with van der Waals surface area (Å²) in [6.45, 7) is 3.87. The second-order valence-electron chi connectivity index (χ2n) is 4.70. The summed E-state index contributed by atoms with van der Waals surface area (Å²) in [5.74, 6) is 0.728. The van der Waals surface area contributed by atoms with E-state index in [2.05, 4.69) is 10.6 Å². The number of aryl methyl sites for hydroxylation is 1. The second kappa shape index (κ2) is 7.36. The van der Waals surface area contributed by atoms with Gasteiger partial charge in [-0.15, -0.1) is 12.4 Å². The molecule has 1 amide bonds. The SMILES string of the molecule is COc1cc(C(=O)NC2CCCNC2)ccc1C.Cl. The first-order valence-corrected chi connectivity index (χ1v) is 6.37. The highest BCUT2D eigenvalue weighted by atomic mass is 35.5. The number of hydrogen-bond acceptors (Lipinski definition) is 3. The third-order valence-corrected chi connectivity index (χ3v) is 3.30. The lowest BCUT2D eigenvalue weighted by atomic mass is 10.1. The van der Waals surface area contributed by atoms with Gasteiger partial charge >= 0.3 is 0 Å². The number of piperidine rings is 1. The van der Waals surface area contributed by atoms with Gasteiger partial charge in [0, 0.05) is 18.2 Å². The summed E-state index contributed by atoms with van der Waals surface area (Å²) in [6, 6.07) is 5.77. The summed E-state index contributed by atoms with van der Waals surface area (Å²) in [4.78, 5) is 12.1. The monoisotopic (exact) mass is 284 g/mol. The van der Waals surface area contributed by atoms with Crippen molar-refractivity contribution in [3.63, 3.8) is 0 Å². The summed E-state index contributed by atoms with van der Waals surface area (Å²) in [7, 11) is 1.62. The zero-order chi connectivity index (χ0) is 13.0. The van der Waals surface area contributed by atoms with Crippen LogP contribution in [-0.4, -0.2) is 32.1 Å². The topological polar surface area (TPSA) is 50.4 Å². The summed E-state index contributed by atoms with van der Waals surface area (Å²) >= 11 is 0. The lowest BCUT2D eigenvalue weighted by Gasteiger charge is -2.23. The fourth-order valence-electron chi connectivity index (χ4n) is 2.20. The van der Waals surface area contributed by atoms with Crippen molar-refractivity contribution >= 4 is 18.3 Å². The lowest BCUT2D eigenvalue weighted by Crippen LogP contribution is -2.45. The molecule has 1 fully saturated rings. The van der Waals surface area contributed by atoms with Crippen LogP contribution < -0.4 is 15.4 Å². The van der Waals surface area contributed by atoms with Crippen molar-refractivity contribution in [1.29, 1.82) is 0 Å². The molecule has 1 aromatic carbocycles. The molecule has 2 rings (SSSR count). The van der Waals surface area contributed by atoms with Gasteiger partial charge in [-0.05, 0) is 44.0 Å². The van der Waals surface area contributed by atoms with Crippen LogP contribution in [-0.2, 0) is 0 Å². The van der Waals surface area contributed by atoms with Crippen molar-refractivity contribution in [2.45, 2.75) is 25.8 Å². The smallest absolute Gasteiger partial charge is 0.251 e. The maximum atomic E-state index is 12.1. The fraction of sp³-hybridized carbons (Fsp3) is 0.500. The molecule has 1 aliphatic rings. The number of rotatable bonds is 3. The van der Waals surface area contributed by atoms with E-state index in [4.69, 9.17) is 4.74 Å². The van der Waals surface area contributed by atoms with E-state index in [1.54, 1.807) is 13.2 Å². The molecule has 0 saturated carbocycles. The van der Waals surface area contributed by atoms with Gasteiger partial charge in [0.1, 0.15) is 5.75 Å². The highest BCUT2D eigenvalue weighted by Crippen LogP contribution is 2.19. The predicted octanol–water partition coefficient (Wildman–Crippen LogP) is 1.91. The minimum Gasteiger partial charge on any atom is -0.496 e. The summed E-state index contributed by atoms with van der Waals surface area (Å²) < 4.78 is 5.23. The van der Waals surface area contributed by atoms with Crippen LogP contribution in [0.5, 0.6) is 5.75 Å². The quantitative estimate of drug-likeness (QED) is 0.891. The average Bonchev–Trinajstić information content (AvgIpc) is 2.40. The Morgan fingerprint density at radius 1 is 1.47 bits per heavy atom. The molecule has 1 atom stereocenters. The van der Waals surface area contributed by atoms with E-state index in [-0.39, 0.29) is 24.4 Å². The Labute approximate surface area is 120 Å². The Balaban J connectivity index is 0.00000180. The maximum absolute atomic E-state index is 12.1. The Kier molecular flexibility index (Phi) is 6.12. The minimum absolute atomic E-state index is 0. The molecule has 1 aliphatic heterocycles. The molecule has 4 nitrogen and oxygen atoms in total. The first kappa shape index (κ1) is 15.8. The molecule has 0 aromatic heterocycles. The molecule has 1 saturated heterocycles. The number of carbonyl (C=O) groups is 1. The number of ether oxygens (including phenoxy) is 1. The number of methoxy groups -OCH3 is 1. The van der Waals surface area contributed by atoms with Gasteiger partial charge in [-0.25, -0.2) is 0 Å². The molecular formula is C14H21ClN2O2. The normalized spacial score (nSPS) is 18.3. The van der Waals surface area contributed by atoms with Crippen LogP contribution in [0.4, 0.5) is 0 Å². The summed E-state index contributed by atoms with van der Waals surface area (Å²) in [5.41, 5.74) is 1.69. The Bertz CT molecular complexity index is 431. The molecule has 0 radical (unpaired) electrons. The first-order valence-electron chi connectivity index (χ1n) is 6.37. The molecule has 1 heterocycles. The second-order valence-corrected chi connectivity index (χ2v) is 4.70. The van der Waals surface area contributed by atoms with Gasteiger partial charge in [0.15, 0.2) is 0 Å². The number of amides is 1. The van der Waals surface area contributed by atoms with E-state index in [0.29, 0.717) is 5.56 Å². The van der Waals surface area contributed by atoms with Crippen LogP contribution in [0.2, 0.25) is 0 Å². The molecule has 0 spiro atoms. The Morgan fingerprint density at radius 2 is 2.26 bits per heavy atom. The molecule has 2 N–H and O–H groups in total. The standard InChI is InChI=1S/C14H20N2O2.ClH/c1-10-5-6-11(8-13(10)18-2)14(17)16-12-4-3-7-15-9-12;/h5-6,8,12,15H,3-4,7,9H2,1-2H3,(H,16,17);1H. The largest absolute Gasteiger partial charge is 0.496 e. The molecule has 0 aliphatic carbocycles. The minimum atomic E-state index is -0.0259. The van der Waals surface area contributed by atoms with E-state index in [9.17, 15) is 4.79 Å². The van der Waals surface area contributed by atoms with Gasteiger partial charge in [-0.2, -0.15) is 0 Å². The Morgan fingerprint density at radius 3 is 2.89 bits per heavy atom. The van der Waals surface area contributed by atoms with Gasteiger partial charge in [0.25, 0.3) is 5.91 Å². The molecule has 1 aromatic rings. The molecule has 5 heteroatoms. The predicted molar refractivity (Wildman–Crippen MR) is 78.3 cm³/mol. The molecule has 19 heavy (non-hydrogen) atoms. The molecule has 106 valence electrons. The van der Waals surface area contributed by atoms with Gasteiger partial charge in [0.05, 0.1) is 7.11 Å². The lowest BCUT2D eigenvalue weighted by molar-refractivity contribution is 0.0930. The number of halogens is 1. The number of nitrogens with one attached hydrogen (secondary N) is 2.